The first-order valence-corrected chi connectivity index (χ1v) is 5.69. The summed E-state index contributed by atoms with van der Waals surface area (Å²) in [6, 6.07) is 2.06. The highest BCUT2D eigenvalue weighted by atomic mass is 79.9. The second-order valence-electron chi connectivity index (χ2n) is 3.81. The Morgan fingerprint density at radius 1 is 1.33 bits per heavy atom. The van der Waals surface area contributed by atoms with Crippen molar-refractivity contribution in [2.45, 2.75) is 33.6 Å². The molecule has 0 aliphatic rings. The zero-order valence-electron chi connectivity index (χ0n) is 9.22. The van der Waals surface area contributed by atoms with Gasteiger partial charge < -0.3 is 5.11 Å². The van der Waals surface area contributed by atoms with Crippen molar-refractivity contribution in [3.05, 3.63) is 32.8 Å². The van der Waals surface area contributed by atoms with E-state index in [4.69, 9.17) is 5.11 Å². The fourth-order valence-electron chi connectivity index (χ4n) is 1.64. The molecule has 0 heterocycles. The van der Waals surface area contributed by atoms with Gasteiger partial charge in [0.2, 0.25) is 0 Å². The maximum absolute atomic E-state index is 10.5. The summed E-state index contributed by atoms with van der Waals surface area (Å²) >= 11 is 3.53. The summed E-state index contributed by atoms with van der Waals surface area (Å²) < 4.78 is 1.12. The second-order valence-corrected chi connectivity index (χ2v) is 4.60. The molecule has 0 aliphatic heterocycles. The molecule has 3 heteroatoms. The number of aryl methyl sites for hydroxylation is 2. The summed E-state index contributed by atoms with van der Waals surface area (Å²) in [5.41, 5.74) is 4.69. The molecule has 0 unspecified atom stereocenters. The minimum atomic E-state index is -0.743. The molecule has 1 aromatic carbocycles. The first-order chi connectivity index (χ1) is 6.93. The number of hydrogen-bond donors (Lipinski definition) is 1. The Labute approximate surface area is 98.4 Å². The molecule has 0 amide bonds. The van der Waals surface area contributed by atoms with Crippen LogP contribution in [0.1, 0.15) is 28.7 Å². The summed E-state index contributed by atoms with van der Waals surface area (Å²) in [7, 11) is 0. The van der Waals surface area contributed by atoms with Crippen molar-refractivity contribution < 1.29 is 9.90 Å². The van der Waals surface area contributed by atoms with E-state index in [2.05, 4.69) is 28.9 Å². The first kappa shape index (κ1) is 12.2. The Hall–Kier alpha value is -0.830. The lowest BCUT2D eigenvalue weighted by Crippen LogP contribution is -2.01. The van der Waals surface area contributed by atoms with Crippen LogP contribution in [0, 0.1) is 20.8 Å². The standard InChI is InChI=1S/C12H15BrO2/c1-7-6-10(4-5-11(14)15)8(2)9(3)12(7)13/h6H,4-5H2,1-3H3,(H,14,15). The van der Waals surface area contributed by atoms with E-state index in [1.54, 1.807) is 0 Å². The van der Waals surface area contributed by atoms with Gasteiger partial charge in [-0.25, -0.2) is 0 Å². The van der Waals surface area contributed by atoms with Crippen LogP contribution in [-0.2, 0) is 11.2 Å². The number of rotatable bonds is 3. The molecule has 0 spiro atoms. The van der Waals surface area contributed by atoms with Crippen molar-refractivity contribution in [3.63, 3.8) is 0 Å². The SMILES string of the molecule is Cc1cc(CCC(=O)O)c(C)c(C)c1Br. The number of benzene rings is 1. The normalized spacial score (nSPS) is 10.4. The molecule has 1 rings (SSSR count). The number of carboxylic acid groups (broad SMARTS) is 1. The van der Waals surface area contributed by atoms with Crippen molar-refractivity contribution in [1.82, 2.24) is 0 Å². The zero-order valence-corrected chi connectivity index (χ0v) is 10.8. The van der Waals surface area contributed by atoms with Gasteiger partial charge in [0, 0.05) is 10.9 Å². The Balaban J connectivity index is 3.04. The lowest BCUT2D eigenvalue weighted by molar-refractivity contribution is -0.136. The number of carbonyl (C=O) groups is 1. The van der Waals surface area contributed by atoms with Crippen molar-refractivity contribution in [2.75, 3.05) is 0 Å². The molecule has 0 aliphatic carbocycles. The Morgan fingerprint density at radius 3 is 2.47 bits per heavy atom. The van der Waals surface area contributed by atoms with Crippen LogP contribution in [0.4, 0.5) is 0 Å². The van der Waals surface area contributed by atoms with Gasteiger partial charge in [-0.15, -0.1) is 0 Å². The number of halogens is 1. The number of hydrogen-bond acceptors (Lipinski definition) is 1. The van der Waals surface area contributed by atoms with Crippen LogP contribution >= 0.6 is 15.9 Å². The lowest BCUT2D eigenvalue weighted by Gasteiger charge is -2.12. The van der Waals surface area contributed by atoms with E-state index >= 15 is 0 Å². The molecule has 0 saturated heterocycles. The van der Waals surface area contributed by atoms with Crippen molar-refractivity contribution in [3.8, 4) is 0 Å². The molecule has 15 heavy (non-hydrogen) atoms. The van der Waals surface area contributed by atoms with Crippen LogP contribution in [-0.4, -0.2) is 11.1 Å². The van der Waals surface area contributed by atoms with Crippen molar-refractivity contribution in [1.29, 1.82) is 0 Å². The van der Waals surface area contributed by atoms with Gasteiger partial charge in [0.25, 0.3) is 0 Å². The maximum atomic E-state index is 10.5. The molecule has 82 valence electrons. The molecule has 0 bridgehead atoms. The smallest absolute Gasteiger partial charge is 0.303 e. The van der Waals surface area contributed by atoms with Gasteiger partial charge in [-0.3, -0.25) is 4.79 Å². The summed E-state index contributed by atoms with van der Waals surface area (Å²) in [4.78, 5) is 10.5. The van der Waals surface area contributed by atoms with Gasteiger partial charge in [-0.1, -0.05) is 22.0 Å². The average Bonchev–Trinajstić information content (AvgIpc) is 2.18. The van der Waals surface area contributed by atoms with E-state index in [0.29, 0.717) is 6.42 Å². The van der Waals surface area contributed by atoms with Gasteiger partial charge in [-0.2, -0.15) is 0 Å². The zero-order chi connectivity index (χ0) is 11.6. The molecule has 1 aromatic rings. The van der Waals surface area contributed by atoms with Gasteiger partial charge in [0.15, 0.2) is 0 Å². The fraction of sp³-hybridized carbons (Fsp3) is 0.417. The van der Waals surface area contributed by atoms with Crippen LogP contribution < -0.4 is 0 Å². The van der Waals surface area contributed by atoms with Gasteiger partial charge >= 0.3 is 5.97 Å². The number of aliphatic carboxylic acids is 1. The highest BCUT2D eigenvalue weighted by Gasteiger charge is 2.09. The summed E-state index contributed by atoms with van der Waals surface area (Å²) in [6.45, 7) is 6.12. The van der Waals surface area contributed by atoms with Crippen LogP contribution in [0.5, 0.6) is 0 Å². The minimum absolute atomic E-state index is 0.196. The van der Waals surface area contributed by atoms with Gasteiger partial charge in [0.05, 0.1) is 0 Å². The predicted molar refractivity (Wildman–Crippen MR) is 64.3 cm³/mol. The van der Waals surface area contributed by atoms with Crippen LogP contribution in [0.25, 0.3) is 0 Å². The third-order valence-electron chi connectivity index (χ3n) is 2.72. The third kappa shape index (κ3) is 2.81. The first-order valence-electron chi connectivity index (χ1n) is 4.90. The summed E-state index contributed by atoms with van der Waals surface area (Å²) in [6.07, 6.45) is 0.803. The summed E-state index contributed by atoms with van der Waals surface area (Å²) in [5.74, 6) is -0.743. The van der Waals surface area contributed by atoms with E-state index in [9.17, 15) is 4.79 Å². The molecular formula is C12H15BrO2. The van der Waals surface area contributed by atoms with Crippen LogP contribution in [0.3, 0.4) is 0 Å². The van der Waals surface area contributed by atoms with Crippen LogP contribution in [0.15, 0.2) is 10.5 Å². The molecular weight excluding hydrogens is 256 g/mol. The molecule has 0 radical (unpaired) electrons. The maximum Gasteiger partial charge on any atom is 0.303 e. The van der Waals surface area contributed by atoms with E-state index in [-0.39, 0.29) is 6.42 Å². The lowest BCUT2D eigenvalue weighted by atomic mass is 9.97. The van der Waals surface area contributed by atoms with E-state index in [1.165, 1.54) is 16.7 Å². The van der Waals surface area contributed by atoms with Crippen molar-refractivity contribution >= 4 is 21.9 Å². The largest absolute Gasteiger partial charge is 0.481 e. The monoisotopic (exact) mass is 270 g/mol. The predicted octanol–water partition coefficient (Wildman–Crippen LogP) is 3.39. The van der Waals surface area contributed by atoms with Crippen LogP contribution in [0.2, 0.25) is 0 Å². The molecule has 0 atom stereocenters. The second kappa shape index (κ2) is 4.79. The highest BCUT2D eigenvalue weighted by Crippen LogP contribution is 2.27. The average molecular weight is 271 g/mol. The Morgan fingerprint density at radius 2 is 1.93 bits per heavy atom. The molecule has 0 fully saturated rings. The molecule has 2 nitrogen and oxygen atoms in total. The molecule has 0 saturated carbocycles. The van der Waals surface area contributed by atoms with Crippen molar-refractivity contribution in [2.24, 2.45) is 0 Å². The molecule has 1 N–H and O–H groups in total. The van der Waals surface area contributed by atoms with E-state index in [1.807, 2.05) is 13.8 Å². The third-order valence-corrected chi connectivity index (χ3v) is 3.94. The Bertz CT molecular complexity index is 397. The van der Waals surface area contributed by atoms with Gasteiger partial charge in [-0.05, 0) is 49.4 Å². The topological polar surface area (TPSA) is 37.3 Å². The molecule has 0 aromatic heterocycles. The Kier molecular flexibility index (Phi) is 3.91. The fourth-order valence-corrected chi connectivity index (χ4v) is 2.05. The van der Waals surface area contributed by atoms with E-state index < -0.39 is 5.97 Å². The quantitative estimate of drug-likeness (QED) is 0.914. The van der Waals surface area contributed by atoms with Gasteiger partial charge in [0.1, 0.15) is 0 Å². The van der Waals surface area contributed by atoms with E-state index in [0.717, 1.165) is 10.0 Å². The highest BCUT2D eigenvalue weighted by molar-refractivity contribution is 9.10. The number of carboxylic acids is 1. The summed E-state index contributed by atoms with van der Waals surface area (Å²) in [5, 5.41) is 8.65. The minimum Gasteiger partial charge on any atom is -0.481 e.